The topological polar surface area (TPSA) is 47.6 Å². The Bertz CT molecular complexity index is 813. The number of carbonyl (C=O) groups is 1. The summed E-state index contributed by atoms with van der Waals surface area (Å²) < 4.78 is 10.9. The van der Waals surface area contributed by atoms with Crippen LogP contribution in [0.5, 0.6) is 0 Å². The largest absolute Gasteiger partial charge is 0.465 e. The van der Waals surface area contributed by atoms with Crippen molar-refractivity contribution in [3.63, 3.8) is 0 Å². The van der Waals surface area contributed by atoms with Crippen molar-refractivity contribution in [1.29, 1.82) is 0 Å². The van der Waals surface area contributed by atoms with Crippen molar-refractivity contribution in [3.05, 3.63) is 64.2 Å². The number of fused-ring (bicyclic) bond motifs is 3. The first-order valence-electron chi connectivity index (χ1n) is 8.76. The molecule has 3 unspecified atom stereocenters. The molecule has 0 aliphatic carbocycles. The van der Waals surface area contributed by atoms with Crippen molar-refractivity contribution in [2.75, 3.05) is 19.0 Å². The highest BCUT2D eigenvalue weighted by molar-refractivity contribution is 5.89. The summed E-state index contributed by atoms with van der Waals surface area (Å²) in [5.74, 6) is 0.0968. The van der Waals surface area contributed by atoms with Crippen molar-refractivity contribution in [1.82, 2.24) is 0 Å². The van der Waals surface area contributed by atoms with Gasteiger partial charge in [-0.25, -0.2) is 4.79 Å². The number of ether oxygens (including phenoxy) is 2. The fourth-order valence-corrected chi connectivity index (χ4v) is 4.23. The highest BCUT2D eigenvalue weighted by atomic mass is 16.5. The van der Waals surface area contributed by atoms with Gasteiger partial charge < -0.3 is 14.8 Å². The Balaban J connectivity index is 1.72. The third-order valence-corrected chi connectivity index (χ3v) is 5.37. The van der Waals surface area contributed by atoms with Gasteiger partial charge in [0.15, 0.2) is 0 Å². The van der Waals surface area contributed by atoms with Crippen LogP contribution in [0.3, 0.4) is 0 Å². The van der Waals surface area contributed by atoms with E-state index in [1.54, 1.807) is 0 Å². The summed E-state index contributed by atoms with van der Waals surface area (Å²) in [4.78, 5) is 11.7. The lowest BCUT2D eigenvalue weighted by atomic mass is 9.79. The van der Waals surface area contributed by atoms with Gasteiger partial charge in [0.25, 0.3) is 0 Å². The molecule has 2 aromatic carbocycles. The third kappa shape index (κ3) is 2.71. The number of esters is 1. The minimum absolute atomic E-state index is 0.139. The van der Waals surface area contributed by atoms with Gasteiger partial charge in [0.05, 0.1) is 24.8 Å². The van der Waals surface area contributed by atoms with Crippen molar-refractivity contribution in [2.24, 2.45) is 5.92 Å². The second kappa shape index (κ2) is 6.19. The molecule has 25 heavy (non-hydrogen) atoms. The van der Waals surface area contributed by atoms with Crippen LogP contribution in [0.15, 0.2) is 36.4 Å². The molecule has 4 rings (SSSR count). The number of nitrogens with one attached hydrogen (secondary N) is 1. The first kappa shape index (κ1) is 16.2. The molecular weight excluding hydrogens is 314 g/mol. The van der Waals surface area contributed by atoms with Gasteiger partial charge in [-0.3, -0.25) is 0 Å². The normalized spacial score (nSPS) is 24.2. The highest BCUT2D eigenvalue weighted by Gasteiger charge is 2.41. The smallest absolute Gasteiger partial charge is 0.337 e. The molecule has 4 heteroatoms. The van der Waals surface area contributed by atoms with E-state index in [1.165, 1.54) is 35.1 Å². The molecule has 2 aliphatic rings. The molecule has 0 saturated carbocycles. The number of aryl methyl sites for hydroxylation is 2. The number of benzene rings is 2. The predicted octanol–water partition coefficient (Wildman–Crippen LogP) is 4.33. The fourth-order valence-electron chi connectivity index (χ4n) is 4.23. The van der Waals surface area contributed by atoms with Gasteiger partial charge in [0.2, 0.25) is 0 Å². The van der Waals surface area contributed by atoms with Crippen molar-refractivity contribution >= 4 is 11.7 Å². The maximum absolute atomic E-state index is 11.7. The molecule has 0 spiro atoms. The van der Waals surface area contributed by atoms with Gasteiger partial charge in [-0.05, 0) is 43.5 Å². The molecule has 1 saturated heterocycles. The lowest BCUT2D eigenvalue weighted by Crippen LogP contribution is -2.30. The molecule has 2 aromatic rings. The molecule has 2 heterocycles. The Hall–Kier alpha value is -2.33. The molecular formula is C21H23NO3. The van der Waals surface area contributed by atoms with E-state index < -0.39 is 0 Å². The summed E-state index contributed by atoms with van der Waals surface area (Å²) in [5.41, 5.74) is 6.75. The summed E-state index contributed by atoms with van der Waals surface area (Å²) in [6.07, 6.45) is 1.17. The zero-order chi connectivity index (χ0) is 17.6. The summed E-state index contributed by atoms with van der Waals surface area (Å²) in [6, 6.07) is 12.4. The molecule has 4 nitrogen and oxygen atoms in total. The van der Waals surface area contributed by atoms with Crippen LogP contribution in [-0.4, -0.2) is 19.7 Å². The molecule has 130 valence electrons. The van der Waals surface area contributed by atoms with Crippen molar-refractivity contribution in [3.8, 4) is 0 Å². The Morgan fingerprint density at radius 2 is 1.96 bits per heavy atom. The molecule has 0 bridgehead atoms. The number of rotatable bonds is 2. The Morgan fingerprint density at radius 1 is 1.20 bits per heavy atom. The third-order valence-electron chi connectivity index (χ3n) is 5.37. The molecule has 1 fully saturated rings. The summed E-state index contributed by atoms with van der Waals surface area (Å²) in [7, 11) is 1.40. The van der Waals surface area contributed by atoms with Gasteiger partial charge in [-0.15, -0.1) is 0 Å². The maximum Gasteiger partial charge on any atom is 0.337 e. The zero-order valence-electron chi connectivity index (χ0n) is 14.8. The summed E-state index contributed by atoms with van der Waals surface area (Å²) in [5, 5.41) is 3.75. The summed E-state index contributed by atoms with van der Waals surface area (Å²) in [6.45, 7) is 5.07. The number of carbonyl (C=O) groups excluding carboxylic acids is 1. The van der Waals surface area contributed by atoms with Gasteiger partial charge >= 0.3 is 5.97 Å². The lowest BCUT2D eigenvalue weighted by Gasteiger charge is -2.37. The fraction of sp³-hybridized carbons (Fsp3) is 0.381. The summed E-state index contributed by atoms with van der Waals surface area (Å²) >= 11 is 0. The Morgan fingerprint density at radius 3 is 2.68 bits per heavy atom. The van der Waals surface area contributed by atoms with Crippen molar-refractivity contribution in [2.45, 2.75) is 32.4 Å². The van der Waals surface area contributed by atoms with Crippen LogP contribution in [0.2, 0.25) is 0 Å². The molecule has 1 N–H and O–H groups in total. The minimum atomic E-state index is -0.304. The number of methoxy groups -OCH3 is 1. The van der Waals surface area contributed by atoms with Gasteiger partial charge in [-0.2, -0.15) is 0 Å². The molecule has 3 atom stereocenters. The number of hydrogen-bond donors (Lipinski definition) is 1. The number of anilines is 1. The first-order valence-corrected chi connectivity index (χ1v) is 8.76. The van der Waals surface area contributed by atoms with E-state index in [-0.39, 0.29) is 18.1 Å². The van der Waals surface area contributed by atoms with Crippen LogP contribution in [0, 0.1) is 19.8 Å². The lowest BCUT2D eigenvalue weighted by molar-refractivity contribution is 0.0600. The predicted molar refractivity (Wildman–Crippen MR) is 96.9 cm³/mol. The number of hydrogen-bond acceptors (Lipinski definition) is 4. The van der Waals surface area contributed by atoms with E-state index >= 15 is 0 Å². The molecule has 0 radical (unpaired) electrons. The Labute approximate surface area is 148 Å². The first-order chi connectivity index (χ1) is 12.1. The Kier molecular flexibility index (Phi) is 4.00. The van der Waals surface area contributed by atoms with Crippen LogP contribution in [0.1, 0.15) is 51.2 Å². The van der Waals surface area contributed by atoms with Crippen molar-refractivity contribution < 1.29 is 14.3 Å². The van der Waals surface area contributed by atoms with Crippen LogP contribution in [0.25, 0.3) is 0 Å². The standard InChI is InChI=1S/C21H23NO3/c1-12-10-13(2)18-17(11-12)20-16(8-9-25-20)19(22-18)14-4-6-15(7-5-14)21(23)24-3/h4-7,10-11,16,19-20,22H,8-9H2,1-3H3. The van der Waals surface area contributed by atoms with E-state index in [9.17, 15) is 4.79 Å². The quantitative estimate of drug-likeness (QED) is 0.829. The minimum Gasteiger partial charge on any atom is -0.465 e. The second-order valence-corrected chi connectivity index (χ2v) is 7.03. The molecule has 0 aromatic heterocycles. The maximum atomic E-state index is 11.7. The van der Waals surface area contributed by atoms with E-state index in [0.29, 0.717) is 11.5 Å². The van der Waals surface area contributed by atoms with E-state index in [2.05, 4.69) is 31.3 Å². The SMILES string of the molecule is COC(=O)c1ccc(C2Nc3c(C)cc(C)cc3C3OCCC23)cc1. The molecule has 0 amide bonds. The van der Waals surface area contributed by atoms with Crippen LogP contribution in [0.4, 0.5) is 5.69 Å². The zero-order valence-corrected chi connectivity index (χ0v) is 14.8. The average molecular weight is 337 g/mol. The second-order valence-electron chi connectivity index (χ2n) is 7.03. The van der Waals surface area contributed by atoms with E-state index in [4.69, 9.17) is 9.47 Å². The highest BCUT2D eigenvalue weighted by Crippen LogP contribution is 2.50. The van der Waals surface area contributed by atoms with Gasteiger partial charge in [0, 0.05) is 23.8 Å². The van der Waals surface area contributed by atoms with E-state index in [0.717, 1.165) is 13.0 Å². The average Bonchev–Trinajstić information content (AvgIpc) is 3.11. The van der Waals surface area contributed by atoms with Crippen LogP contribution < -0.4 is 5.32 Å². The van der Waals surface area contributed by atoms with E-state index in [1.807, 2.05) is 24.3 Å². The molecule has 2 aliphatic heterocycles. The van der Waals surface area contributed by atoms with Crippen LogP contribution >= 0.6 is 0 Å². The van der Waals surface area contributed by atoms with Crippen LogP contribution in [-0.2, 0) is 9.47 Å². The van der Waals surface area contributed by atoms with Gasteiger partial charge in [-0.1, -0.05) is 29.8 Å². The van der Waals surface area contributed by atoms with Gasteiger partial charge in [0.1, 0.15) is 0 Å². The monoisotopic (exact) mass is 337 g/mol.